The zero-order valence-electron chi connectivity index (χ0n) is 7.18. The Morgan fingerprint density at radius 3 is 2.14 bits per heavy atom. The molecule has 0 heterocycles. The van der Waals surface area contributed by atoms with E-state index in [2.05, 4.69) is 15.9 Å². The highest BCUT2D eigenvalue weighted by Gasteiger charge is 2.55. The topological polar surface area (TPSA) is 0 Å². The normalized spacial score (nSPS) is 26.3. The molecule has 0 aromatic heterocycles. The molecule has 0 radical (unpaired) electrons. The Bertz CT molecular complexity index is 328. The van der Waals surface area contributed by atoms with Gasteiger partial charge >= 0.3 is 6.18 Å². The number of hydrogen-bond donors (Lipinski definition) is 0. The maximum Gasteiger partial charge on any atom is 0.392 e. The van der Waals surface area contributed by atoms with E-state index in [1.165, 1.54) is 0 Å². The van der Waals surface area contributed by atoms with Gasteiger partial charge in [0.25, 0.3) is 0 Å². The fourth-order valence-corrected chi connectivity index (χ4v) is 1.90. The van der Waals surface area contributed by atoms with E-state index in [0.29, 0.717) is 0 Å². The summed E-state index contributed by atoms with van der Waals surface area (Å²) in [6.45, 7) is 0. The highest BCUT2D eigenvalue weighted by Crippen LogP contribution is 2.56. The molecule has 1 saturated carbocycles. The zero-order valence-corrected chi connectivity index (χ0v) is 8.77. The van der Waals surface area contributed by atoms with Gasteiger partial charge in [-0.05, 0) is 30.0 Å². The van der Waals surface area contributed by atoms with E-state index in [-0.39, 0.29) is 12.3 Å². The monoisotopic (exact) mass is 264 g/mol. The molecule has 1 aliphatic carbocycles. The molecule has 0 N–H and O–H groups in total. The van der Waals surface area contributed by atoms with E-state index >= 15 is 0 Å². The highest BCUT2D eigenvalue weighted by atomic mass is 79.9. The van der Waals surface area contributed by atoms with Gasteiger partial charge in [-0.2, -0.15) is 13.2 Å². The fourth-order valence-electron chi connectivity index (χ4n) is 1.64. The molecule has 0 saturated heterocycles. The fraction of sp³-hybridized carbons (Fsp3) is 0.400. The van der Waals surface area contributed by atoms with Gasteiger partial charge in [-0.15, -0.1) is 0 Å². The molecule has 1 unspecified atom stereocenters. The Balaban J connectivity index is 2.10. The highest BCUT2D eigenvalue weighted by molar-refractivity contribution is 9.10. The quantitative estimate of drug-likeness (QED) is 0.716. The van der Waals surface area contributed by atoms with Crippen LogP contribution in [0.2, 0.25) is 0 Å². The lowest BCUT2D eigenvalue weighted by molar-refractivity contribution is -0.148. The van der Waals surface area contributed by atoms with Crippen LogP contribution in [0.4, 0.5) is 13.2 Å². The second-order valence-electron chi connectivity index (χ2n) is 3.54. The van der Waals surface area contributed by atoms with E-state index in [9.17, 15) is 13.2 Å². The third kappa shape index (κ3) is 1.95. The lowest BCUT2D eigenvalue weighted by atomic mass is 10.1. The van der Waals surface area contributed by atoms with E-state index in [1.807, 2.05) is 0 Å². The van der Waals surface area contributed by atoms with Crippen molar-refractivity contribution in [2.45, 2.75) is 18.5 Å². The van der Waals surface area contributed by atoms with Gasteiger partial charge in [-0.3, -0.25) is 0 Å². The number of alkyl halides is 3. The maximum atomic E-state index is 12.2. The molecule has 0 aliphatic heterocycles. The van der Waals surface area contributed by atoms with Crippen molar-refractivity contribution in [3.05, 3.63) is 34.3 Å². The molecule has 0 nitrogen and oxygen atoms in total. The van der Waals surface area contributed by atoms with Crippen molar-refractivity contribution in [2.75, 3.05) is 0 Å². The Morgan fingerprint density at radius 1 is 1.14 bits per heavy atom. The first-order chi connectivity index (χ1) is 6.48. The first-order valence-electron chi connectivity index (χ1n) is 4.30. The summed E-state index contributed by atoms with van der Waals surface area (Å²) in [5.41, 5.74) is 0.788. The minimum absolute atomic E-state index is 0.241. The number of hydrogen-bond acceptors (Lipinski definition) is 0. The molecule has 2 rings (SSSR count). The van der Waals surface area contributed by atoms with Crippen molar-refractivity contribution < 1.29 is 13.2 Å². The van der Waals surface area contributed by atoms with Gasteiger partial charge in [0.15, 0.2) is 0 Å². The van der Waals surface area contributed by atoms with Crippen molar-refractivity contribution in [1.29, 1.82) is 0 Å². The summed E-state index contributed by atoms with van der Waals surface area (Å²) in [4.78, 5) is 0. The van der Waals surface area contributed by atoms with Crippen molar-refractivity contribution >= 4 is 15.9 Å². The Labute approximate surface area is 88.2 Å². The van der Waals surface area contributed by atoms with Crippen LogP contribution >= 0.6 is 15.9 Å². The number of benzene rings is 1. The second kappa shape index (κ2) is 3.26. The van der Waals surface area contributed by atoms with E-state index in [4.69, 9.17) is 0 Å². The molecule has 1 aromatic rings. The molecule has 1 aromatic carbocycles. The van der Waals surface area contributed by atoms with E-state index < -0.39 is 12.1 Å². The van der Waals surface area contributed by atoms with Crippen LogP contribution in [0.25, 0.3) is 0 Å². The predicted octanol–water partition coefficient (Wildman–Crippen LogP) is 4.11. The van der Waals surface area contributed by atoms with Crippen LogP contribution in [-0.2, 0) is 0 Å². The summed E-state index contributed by atoms with van der Waals surface area (Å²) in [5, 5.41) is 0. The minimum atomic E-state index is -4.03. The van der Waals surface area contributed by atoms with Gasteiger partial charge < -0.3 is 0 Å². The lowest BCUT2D eigenvalue weighted by Crippen LogP contribution is -2.11. The molecule has 14 heavy (non-hydrogen) atoms. The van der Waals surface area contributed by atoms with Crippen molar-refractivity contribution in [2.24, 2.45) is 5.92 Å². The molecular formula is C10H8BrF3. The van der Waals surface area contributed by atoms with Crippen LogP contribution < -0.4 is 0 Å². The van der Waals surface area contributed by atoms with Gasteiger partial charge in [-0.25, -0.2) is 0 Å². The van der Waals surface area contributed by atoms with E-state index in [1.54, 1.807) is 24.3 Å². The molecule has 1 fully saturated rings. The second-order valence-corrected chi connectivity index (χ2v) is 4.46. The van der Waals surface area contributed by atoms with Crippen molar-refractivity contribution in [1.82, 2.24) is 0 Å². The molecule has 4 heteroatoms. The number of rotatable bonds is 1. The summed E-state index contributed by atoms with van der Waals surface area (Å²) in [6.07, 6.45) is -3.79. The smallest absolute Gasteiger partial charge is 0.171 e. The van der Waals surface area contributed by atoms with Crippen LogP contribution in [0.1, 0.15) is 17.9 Å². The Hall–Kier alpha value is -0.510. The van der Waals surface area contributed by atoms with Crippen LogP contribution in [0.15, 0.2) is 28.7 Å². The largest absolute Gasteiger partial charge is 0.392 e. The lowest BCUT2D eigenvalue weighted by Gasteiger charge is -2.05. The average molecular weight is 265 g/mol. The van der Waals surface area contributed by atoms with Crippen molar-refractivity contribution in [3.63, 3.8) is 0 Å². The van der Waals surface area contributed by atoms with Crippen LogP contribution in [0, 0.1) is 5.92 Å². The molecule has 0 bridgehead atoms. The van der Waals surface area contributed by atoms with Gasteiger partial charge in [-0.1, -0.05) is 28.1 Å². The Kier molecular flexibility index (Phi) is 2.33. The van der Waals surface area contributed by atoms with Gasteiger partial charge in [0, 0.05) is 4.47 Å². The minimum Gasteiger partial charge on any atom is -0.171 e. The summed E-state index contributed by atoms with van der Waals surface area (Å²) >= 11 is 3.25. The summed E-state index contributed by atoms with van der Waals surface area (Å²) in [5.74, 6) is -1.44. The van der Waals surface area contributed by atoms with Crippen molar-refractivity contribution in [3.8, 4) is 0 Å². The molecule has 2 atom stereocenters. The first kappa shape index (κ1) is 10.0. The van der Waals surface area contributed by atoms with Crippen LogP contribution in [0.5, 0.6) is 0 Å². The molecule has 0 spiro atoms. The SMILES string of the molecule is FC(F)(F)C1C[C@@H]1c1ccc(Br)cc1. The average Bonchev–Trinajstić information content (AvgIpc) is 2.83. The van der Waals surface area contributed by atoms with Gasteiger partial charge in [0.05, 0.1) is 5.92 Å². The zero-order chi connectivity index (χ0) is 10.3. The molecule has 0 amide bonds. The van der Waals surface area contributed by atoms with Crippen LogP contribution in [-0.4, -0.2) is 6.18 Å². The molecule has 1 aliphatic rings. The molecule has 76 valence electrons. The standard InChI is InChI=1S/C10H8BrF3/c11-7-3-1-6(2-4-7)8-5-9(8)10(12,13)14/h1-4,8-9H,5H2/t8-,9?/m1/s1. The van der Waals surface area contributed by atoms with Gasteiger partial charge in [0.2, 0.25) is 0 Å². The third-order valence-corrected chi connectivity index (χ3v) is 3.04. The maximum absolute atomic E-state index is 12.2. The number of halogens is 4. The van der Waals surface area contributed by atoms with Crippen LogP contribution in [0.3, 0.4) is 0 Å². The summed E-state index contributed by atoms with van der Waals surface area (Å²) in [7, 11) is 0. The van der Waals surface area contributed by atoms with E-state index in [0.717, 1.165) is 10.0 Å². The summed E-state index contributed by atoms with van der Waals surface area (Å²) < 4.78 is 37.6. The predicted molar refractivity (Wildman–Crippen MR) is 51.0 cm³/mol. The first-order valence-corrected chi connectivity index (χ1v) is 5.10. The Morgan fingerprint density at radius 2 is 1.71 bits per heavy atom. The third-order valence-electron chi connectivity index (χ3n) is 2.51. The molecular weight excluding hydrogens is 257 g/mol. The van der Waals surface area contributed by atoms with Gasteiger partial charge in [0.1, 0.15) is 0 Å². The summed E-state index contributed by atoms with van der Waals surface area (Å²) in [6, 6.07) is 7.06.